The molecule has 23 heavy (non-hydrogen) atoms. The number of methoxy groups -OCH3 is 1. The highest BCUT2D eigenvalue weighted by Gasteiger charge is 2.36. The van der Waals surface area contributed by atoms with E-state index in [2.05, 4.69) is 0 Å². The Morgan fingerprint density at radius 1 is 1.30 bits per heavy atom. The summed E-state index contributed by atoms with van der Waals surface area (Å²) in [6.07, 6.45) is -0.925. The van der Waals surface area contributed by atoms with E-state index in [-0.39, 0.29) is 0 Å². The molecular formula is C11H16N2O8S2. The third kappa shape index (κ3) is 4.16. The summed E-state index contributed by atoms with van der Waals surface area (Å²) in [5.74, 6) is -0.997. The largest absolute Gasteiger partial charge is 0.458 e. The molecule has 0 fully saturated rings. The number of sulfonamides is 1. The lowest BCUT2D eigenvalue weighted by Crippen LogP contribution is -2.21. The van der Waals surface area contributed by atoms with Gasteiger partial charge in [0.15, 0.2) is 21.0 Å². The molecule has 130 valence electrons. The fourth-order valence-electron chi connectivity index (χ4n) is 1.70. The molecule has 1 atom stereocenters. The molecule has 0 aliphatic carbocycles. The lowest BCUT2D eigenvalue weighted by molar-refractivity contribution is -0.389. The monoisotopic (exact) mass is 368 g/mol. The summed E-state index contributed by atoms with van der Waals surface area (Å²) < 4.78 is 57.5. The van der Waals surface area contributed by atoms with E-state index < -0.39 is 58.1 Å². The van der Waals surface area contributed by atoms with Crippen molar-refractivity contribution in [3.63, 3.8) is 0 Å². The summed E-state index contributed by atoms with van der Waals surface area (Å²) in [6, 6.07) is 1.81. The molecule has 0 radical (unpaired) electrons. The molecule has 1 rings (SSSR count). The Morgan fingerprint density at radius 3 is 2.26 bits per heavy atom. The van der Waals surface area contributed by atoms with Crippen molar-refractivity contribution in [1.29, 1.82) is 0 Å². The van der Waals surface area contributed by atoms with E-state index in [9.17, 15) is 26.9 Å². The summed E-state index contributed by atoms with van der Waals surface area (Å²) in [5.41, 5.74) is -0.998. The van der Waals surface area contributed by atoms with E-state index in [0.29, 0.717) is 0 Å². The van der Waals surface area contributed by atoms with E-state index in [1.807, 2.05) is 0 Å². The molecule has 0 saturated carbocycles. The Bertz CT molecular complexity index is 817. The van der Waals surface area contributed by atoms with Crippen LogP contribution in [0.5, 0.6) is 5.75 Å². The molecule has 2 N–H and O–H groups in total. The van der Waals surface area contributed by atoms with Gasteiger partial charge in [-0.2, -0.15) is 0 Å². The molecular weight excluding hydrogens is 352 g/mol. The number of nitro groups is 1. The Kier molecular flexibility index (Phi) is 5.69. The first kappa shape index (κ1) is 19.3. The fraction of sp³-hybridized carbons (Fsp3) is 0.455. The Hall–Kier alpha value is -1.76. The Balaban J connectivity index is 3.90. The van der Waals surface area contributed by atoms with E-state index in [4.69, 9.17) is 14.6 Å². The fourth-order valence-corrected chi connectivity index (χ4v) is 4.17. The first-order chi connectivity index (χ1) is 10.5. The molecule has 0 aliphatic heterocycles. The smallest absolute Gasteiger partial charge is 0.330 e. The van der Waals surface area contributed by atoms with Crippen LogP contribution in [0.2, 0.25) is 0 Å². The van der Waals surface area contributed by atoms with Crippen LogP contribution in [0.1, 0.15) is 13.8 Å². The zero-order valence-electron chi connectivity index (χ0n) is 12.5. The normalized spacial score (nSPS) is 13.6. The van der Waals surface area contributed by atoms with Gasteiger partial charge in [0.05, 0.1) is 10.7 Å². The zero-order chi connectivity index (χ0) is 18.0. The van der Waals surface area contributed by atoms with E-state index in [1.54, 1.807) is 0 Å². The van der Waals surface area contributed by atoms with Crippen LogP contribution in [0.15, 0.2) is 21.9 Å². The lowest BCUT2D eigenvalue weighted by atomic mass is 10.3. The predicted molar refractivity (Wildman–Crippen MR) is 79.3 cm³/mol. The Labute approximate surface area is 133 Å². The van der Waals surface area contributed by atoms with Crippen LogP contribution in [0.25, 0.3) is 0 Å². The number of nitro benzene ring substituents is 1. The number of hydrogen-bond donors (Lipinski definition) is 1. The van der Waals surface area contributed by atoms with Gasteiger partial charge in [-0.3, -0.25) is 10.1 Å². The van der Waals surface area contributed by atoms with Gasteiger partial charge in [0, 0.05) is 7.11 Å². The highest BCUT2D eigenvalue weighted by molar-refractivity contribution is 7.93. The second-order valence-corrected chi connectivity index (χ2v) is 8.11. The lowest BCUT2D eigenvalue weighted by Gasteiger charge is -2.15. The second kappa shape index (κ2) is 6.78. The third-order valence-electron chi connectivity index (χ3n) is 2.86. The molecule has 0 aliphatic rings. The summed E-state index contributed by atoms with van der Waals surface area (Å²) in [7, 11) is -7.50. The highest BCUT2D eigenvalue weighted by Crippen LogP contribution is 2.39. The van der Waals surface area contributed by atoms with Crippen molar-refractivity contribution in [2.24, 2.45) is 5.14 Å². The van der Waals surface area contributed by atoms with Crippen LogP contribution in [0.4, 0.5) is 5.69 Å². The number of nitrogens with two attached hydrogens (primary N) is 1. The van der Waals surface area contributed by atoms with Gasteiger partial charge in [-0.15, -0.1) is 0 Å². The first-order valence-electron chi connectivity index (χ1n) is 6.22. The van der Waals surface area contributed by atoms with Crippen LogP contribution >= 0.6 is 0 Å². The number of benzene rings is 1. The molecule has 1 aromatic carbocycles. The molecule has 1 unspecified atom stereocenters. The van der Waals surface area contributed by atoms with Crippen LogP contribution in [-0.2, 0) is 24.6 Å². The average molecular weight is 368 g/mol. The van der Waals surface area contributed by atoms with Crippen LogP contribution < -0.4 is 9.88 Å². The maximum Gasteiger partial charge on any atom is 0.330 e. The molecule has 12 heteroatoms. The number of rotatable bonds is 7. The minimum absolute atomic E-state index is 0.441. The van der Waals surface area contributed by atoms with Crippen LogP contribution in [0, 0.1) is 10.1 Å². The molecule has 1 aromatic rings. The van der Waals surface area contributed by atoms with Gasteiger partial charge in [-0.25, -0.2) is 22.0 Å². The SMILES string of the molecule is CCS(=O)(=O)c1c(S(N)(=O)=O)ccc(OC(C)OC)c1[N+](=O)[O-]. The van der Waals surface area contributed by atoms with Gasteiger partial charge in [0.1, 0.15) is 4.90 Å². The number of sulfone groups is 1. The summed E-state index contributed by atoms with van der Waals surface area (Å²) in [6.45, 7) is 2.64. The van der Waals surface area contributed by atoms with Gasteiger partial charge >= 0.3 is 5.69 Å². The van der Waals surface area contributed by atoms with Crippen molar-refractivity contribution < 1.29 is 31.2 Å². The van der Waals surface area contributed by atoms with Gasteiger partial charge in [0.25, 0.3) is 0 Å². The first-order valence-corrected chi connectivity index (χ1v) is 9.42. The third-order valence-corrected chi connectivity index (χ3v) is 5.74. The summed E-state index contributed by atoms with van der Waals surface area (Å²) >= 11 is 0. The van der Waals surface area contributed by atoms with Gasteiger partial charge in [-0.05, 0) is 19.1 Å². The zero-order valence-corrected chi connectivity index (χ0v) is 14.2. The maximum absolute atomic E-state index is 12.2. The number of ether oxygens (including phenoxy) is 2. The van der Waals surface area contributed by atoms with E-state index in [0.717, 1.165) is 12.1 Å². The summed E-state index contributed by atoms with van der Waals surface area (Å²) in [4.78, 5) is 8.46. The van der Waals surface area contributed by atoms with Gasteiger partial charge < -0.3 is 9.47 Å². The average Bonchev–Trinajstić information content (AvgIpc) is 2.44. The van der Waals surface area contributed by atoms with Crippen molar-refractivity contribution in [3.05, 3.63) is 22.2 Å². The highest BCUT2D eigenvalue weighted by atomic mass is 32.2. The molecule has 10 nitrogen and oxygen atoms in total. The second-order valence-electron chi connectivity index (χ2n) is 4.37. The number of primary sulfonamides is 1. The van der Waals surface area contributed by atoms with E-state index in [1.165, 1.54) is 21.0 Å². The van der Waals surface area contributed by atoms with Crippen LogP contribution in [0.3, 0.4) is 0 Å². The predicted octanol–water partition coefficient (Wildman–Crippen LogP) is 0.407. The maximum atomic E-state index is 12.2. The minimum Gasteiger partial charge on any atom is -0.458 e. The topological polar surface area (TPSA) is 156 Å². The quantitative estimate of drug-likeness (QED) is 0.412. The van der Waals surface area contributed by atoms with Crippen molar-refractivity contribution >= 4 is 25.5 Å². The standard InChI is InChI=1S/C11H16N2O8S2/c1-4-22(16,17)11-9(23(12,18)19)6-5-8(10(11)13(14)15)21-7(2)20-3/h5-7H,4H2,1-3H3,(H2,12,18,19). The number of nitrogens with zero attached hydrogens (tertiary/aromatic N) is 1. The molecule has 0 amide bonds. The van der Waals surface area contributed by atoms with Crippen molar-refractivity contribution in [2.45, 2.75) is 29.9 Å². The molecule has 0 saturated heterocycles. The number of hydrogen-bond acceptors (Lipinski definition) is 8. The van der Waals surface area contributed by atoms with Crippen molar-refractivity contribution in [2.75, 3.05) is 12.9 Å². The van der Waals surface area contributed by atoms with E-state index >= 15 is 0 Å². The Morgan fingerprint density at radius 2 is 1.87 bits per heavy atom. The molecule has 0 aromatic heterocycles. The summed E-state index contributed by atoms with van der Waals surface area (Å²) in [5, 5.41) is 16.3. The van der Waals surface area contributed by atoms with Crippen molar-refractivity contribution in [1.82, 2.24) is 0 Å². The molecule has 0 spiro atoms. The van der Waals surface area contributed by atoms with Gasteiger partial charge in [-0.1, -0.05) is 6.92 Å². The van der Waals surface area contributed by atoms with Gasteiger partial charge in [0.2, 0.25) is 15.8 Å². The minimum atomic E-state index is -4.50. The van der Waals surface area contributed by atoms with Crippen molar-refractivity contribution in [3.8, 4) is 5.75 Å². The molecule has 0 bridgehead atoms. The molecule has 0 heterocycles. The van der Waals surface area contributed by atoms with Crippen LogP contribution in [-0.4, -0.2) is 40.9 Å².